The van der Waals surface area contributed by atoms with Crippen molar-refractivity contribution in [2.24, 2.45) is 0 Å². The number of nitrogens with zero attached hydrogens (tertiary/aromatic N) is 6. The number of aromatic nitrogens is 4. The maximum atomic E-state index is 12.8. The molecule has 2 saturated heterocycles. The van der Waals surface area contributed by atoms with Crippen molar-refractivity contribution >= 4 is 35.3 Å². The van der Waals surface area contributed by atoms with Gasteiger partial charge in [0.2, 0.25) is 11.8 Å². The molecule has 0 aliphatic carbocycles. The number of carbonyl (C=O) groups is 4. The van der Waals surface area contributed by atoms with E-state index in [-0.39, 0.29) is 37.0 Å². The molecule has 14 heteroatoms. The van der Waals surface area contributed by atoms with Crippen LogP contribution < -0.4 is 10.6 Å². The third-order valence-electron chi connectivity index (χ3n) is 9.46. The first-order valence-corrected chi connectivity index (χ1v) is 16.6. The average molecular weight is 679 g/mol. The predicted molar refractivity (Wildman–Crippen MR) is 183 cm³/mol. The van der Waals surface area contributed by atoms with Gasteiger partial charge in [-0.05, 0) is 72.2 Å². The van der Waals surface area contributed by atoms with E-state index < -0.39 is 12.2 Å². The number of amides is 4. The molecule has 0 saturated carbocycles. The van der Waals surface area contributed by atoms with Crippen molar-refractivity contribution in [3.8, 4) is 22.3 Å². The molecule has 14 nitrogen and oxygen atoms in total. The highest BCUT2D eigenvalue weighted by Gasteiger charge is 2.33. The largest absolute Gasteiger partial charge is 0.453 e. The van der Waals surface area contributed by atoms with E-state index >= 15 is 0 Å². The topological polar surface area (TPSA) is 152 Å². The number of carbonyl (C=O) groups excluding carboxylic acids is 4. The van der Waals surface area contributed by atoms with Gasteiger partial charge in [-0.1, -0.05) is 24.3 Å². The third-order valence-corrected chi connectivity index (χ3v) is 9.46. The summed E-state index contributed by atoms with van der Waals surface area (Å²) < 4.78 is 13.2. The fourth-order valence-corrected chi connectivity index (χ4v) is 6.93. The highest BCUT2D eigenvalue weighted by atomic mass is 16.5. The van der Waals surface area contributed by atoms with Gasteiger partial charge in [-0.15, -0.1) is 0 Å². The molecular weight excluding hydrogens is 640 g/mol. The molecular formula is C36H38N8O6. The Morgan fingerprint density at radius 1 is 0.620 bits per heavy atom. The van der Waals surface area contributed by atoms with Gasteiger partial charge in [-0.3, -0.25) is 9.59 Å². The molecule has 4 aromatic heterocycles. The average Bonchev–Trinajstić information content (AvgIpc) is 3.97. The van der Waals surface area contributed by atoms with Crippen LogP contribution in [0.4, 0.5) is 9.59 Å². The Labute approximate surface area is 288 Å². The van der Waals surface area contributed by atoms with Gasteiger partial charge in [0.15, 0.2) is 0 Å². The molecule has 50 heavy (non-hydrogen) atoms. The molecule has 2 aliphatic heterocycles. The van der Waals surface area contributed by atoms with E-state index in [9.17, 15) is 19.2 Å². The van der Waals surface area contributed by atoms with E-state index in [4.69, 9.17) is 9.97 Å². The van der Waals surface area contributed by atoms with Crippen LogP contribution in [0.25, 0.3) is 33.5 Å². The smallest absolute Gasteiger partial charge is 0.407 e. The highest BCUT2D eigenvalue weighted by molar-refractivity contribution is 5.83. The molecule has 5 aromatic rings. The molecule has 1 aromatic carbocycles. The fourth-order valence-electron chi connectivity index (χ4n) is 6.93. The molecule has 2 aliphatic rings. The van der Waals surface area contributed by atoms with Gasteiger partial charge in [0.1, 0.15) is 24.4 Å². The lowest BCUT2D eigenvalue weighted by atomic mass is 10.0. The molecule has 0 bridgehead atoms. The van der Waals surface area contributed by atoms with E-state index in [0.29, 0.717) is 13.1 Å². The van der Waals surface area contributed by atoms with Crippen LogP contribution >= 0.6 is 0 Å². The van der Waals surface area contributed by atoms with Crippen molar-refractivity contribution in [1.29, 1.82) is 0 Å². The van der Waals surface area contributed by atoms with E-state index in [1.807, 2.05) is 57.9 Å². The van der Waals surface area contributed by atoms with Crippen molar-refractivity contribution < 1.29 is 28.7 Å². The number of hydrogen-bond acceptors (Lipinski definition) is 8. The first-order valence-electron chi connectivity index (χ1n) is 16.6. The minimum absolute atomic E-state index is 0.117. The van der Waals surface area contributed by atoms with E-state index in [2.05, 4.69) is 44.4 Å². The highest BCUT2D eigenvalue weighted by Crippen LogP contribution is 2.34. The molecule has 0 spiro atoms. The number of hydrogen-bond donors (Lipinski definition) is 2. The molecule has 0 unspecified atom stereocenters. The molecule has 2 atom stereocenters. The number of nitrogens with one attached hydrogen (secondary N) is 2. The van der Waals surface area contributed by atoms with Gasteiger partial charge in [0, 0.05) is 37.9 Å². The Morgan fingerprint density at radius 2 is 1.02 bits per heavy atom. The summed E-state index contributed by atoms with van der Waals surface area (Å²) in [6.45, 7) is 0.998. The molecule has 258 valence electrons. The zero-order valence-corrected chi connectivity index (χ0v) is 27.9. The lowest BCUT2D eigenvalue weighted by Gasteiger charge is -2.23. The molecule has 2 fully saturated rings. The van der Waals surface area contributed by atoms with Crippen LogP contribution in [-0.2, 0) is 19.1 Å². The summed E-state index contributed by atoms with van der Waals surface area (Å²) >= 11 is 0. The molecule has 4 amide bonds. The summed E-state index contributed by atoms with van der Waals surface area (Å²) in [5.74, 6) is -0.329. The number of pyridine rings is 2. The zero-order valence-electron chi connectivity index (χ0n) is 27.9. The zero-order chi connectivity index (χ0) is 34.8. The van der Waals surface area contributed by atoms with Crippen LogP contribution in [0.1, 0.15) is 49.2 Å². The molecule has 2 N–H and O–H groups in total. The molecule has 6 heterocycles. The van der Waals surface area contributed by atoms with Crippen LogP contribution in [0.3, 0.4) is 0 Å². The summed E-state index contributed by atoms with van der Waals surface area (Å²) in [5.41, 5.74) is 7.40. The number of benzene rings is 1. The third kappa shape index (κ3) is 6.56. The summed E-state index contributed by atoms with van der Waals surface area (Å²) in [4.78, 5) is 61.7. The predicted octanol–water partition coefficient (Wildman–Crippen LogP) is 4.36. The van der Waals surface area contributed by atoms with E-state index in [1.165, 1.54) is 14.2 Å². The van der Waals surface area contributed by atoms with Crippen LogP contribution in [0.15, 0.2) is 73.3 Å². The summed E-state index contributed by atoms with van der Waals surface area (Å²) in [6.07, 6.45) is 10.1. The van der Waals surface area contributed by atoms with Gasteiger partial charge in [-0.25, -0.2) is 19.6 Å². The molecule has 7 rings (SSSR count). The maximum absolute atomic E-state index is 12.8. The van der Waals surface area contributed by atoms with Gasteiger partial charge < -0.3 is 38.7 Å². The minimum Gasteiger partial charge on any atom is -0.453 e. The van der Waals surface area contributed by atoms with Crippen LogP contribution in [0.2, 0.25) is 0 Å². The molecule has 0 radical (unpaired) electrons. The van der Waals surface area contributed by atoms with Crippen LogP contribution in [-0.4, -0.2) is 93.0 Å². The van der Waals surface area contributed by atoms with Gasteiger partial charge in [0.05, 0.1) is 37.7 Å². The second-order valence-corrected chi connectivity index (χ2v) is 12.5. The second kappa shape index (κ2) is 13.9. The fraction of sp³-hybridized carbons (Fsp3) is 0.333. The maximum Gasteiger partial charge on any atom is 0.407 e. The normalized spacial score (nSPS) is 17.3. The Balaban J connectivity index is 1.05. The van der Waals surface area contributed by atoms with E-state index in [0.717, 1.165) is 70.6 Å². The number of rotatable bonds is 8. The quantitative estimate of drug-likeness (QED) is 0.246. The van der Waals surface area contributed by atoms with Gasteiger partial charge in [-0.2, -0.15) is 0 Å². The van der Waals surface area contributed by atoms with E-state index in [1.54, 1.807) is 9.80 Å². The standard InChI is InChI=1S/C36H38N8O6/c1-49-35(47)37-17-33(45)43-15-3-5-29(43)27-21-41-19-25(11-13-31(41)39-27)23-7-9-24(10-8-23)26-12-14-32-40-28(22-42(32)20-26)30-6-4-16-44(30)34(46)18-38-36(48)50-2/h7-14,19-22,29-30H,3-6,15-18H2,1-2H3,(H,37,47)(H,38,48)/t29-,30-/m1/s1. The minimum atomic E-state index is -0.633. The Hall–Kier alpha value is -5.92. The van der Waals surface area contributed by atoms with Crippen LogP contribution in [0, 0.1) is 0 Å². The monoisotopic (exact) mass is 678 g/mol. The number of likely N-dealkylation sites (tertiary alicyclic amines) is 2. The SMILES string of the molecule is COC(=O)NCC(=O)N1CCC[C@@H]1c1cn2cc(-c3ccc(-c4ccc5nc([C@H]6CCCN6C(=O)CNC(=O)OC)cn5c4)cc3)ccc2n1. The number of fused-ring (bicyclic) bond motifs is 2. The van der Waals surface area contributed by atoms with Crippen molar-refractivity contribution in [1.82, 2.24) is 39.2 Å². The van der Waals surface area contributed by atoms with Crippen molar-refractivity contribution in [2.75, 3.05) is 40.4 Å². The number of imidazole rings is 2. The summed E-state index contributed by atoms with van der Waals surface area (Å²) in [7, 11) is 2.54. The Morgan fingerprint density at radius 3 is 1.42 bits per heavy atom. The first kappa shape index (κ1) is 32.6. The van der Waals surface area contributed by atoms with Gasteiger partial charge in [0.25, 0.3) is 0 Å². The lowest BCUT2D eigenvalue weighted by Crippen LogP contribution is -2.39. The first-order chi connectivity index (χ1) is 24.3. The lowest BCUT2D eigenvalue weighted by molar-refractivity contribution is -0.131. The number of alkyl carbamates (subject to hydrolysis) is 2. The Kier molecular flexibility index (Phi) is 9.07. The summed E-state index contributed by atoms with van der Waals surface area (Å²) in [6, 6.07) is 16.1. The second-order valence-electron chi connectivity index (χ2n) is 12.5. The van der Waals surface area contributed by atoms with Crippen molar-refractivity contribution in [3.05, 3.63) is 84.7 Å². The number of ether oxygens (including phenoxy) is 2. The van der Waals surface area contributed by atoms with Gasteiger partial charge >= 0.3 is 12.2 Å². The Bertz CT molecular complexity index is 1930. The summed E-state index contributed by atoms with van der Waals surface area (Å²) in [5, 5.41) is 4.94. The van der Waals surface area contributed by atoms with Crippen molar-refractivity contribution in [2.45, 2.75) is 37.8 Å². The van der Waals surface area contributed by atoms with Crippen LogP contribution in [0.5, 0.6) is 0 Å². The number of methoxy groups -OCH3 is 2. The van der Waals surface area contributed by atoms with Crippen molar-refractivity contribution in [3.63, 3.8) is 0 Å².